The molecule has 3 unspecified atom stereocenters. The number of hydrogen-bond acceptors (Lipinski definition) is 3. The quantitative estimate of drug-likeness (QED) is 0.354. The molecule has 4 fully saturated rings. The molecule has 3 atom stereocenters. The van der Waals surface area contributed by atoms with Gasteiger partial charge in [0.1, 0.15) is 0 Å². The summed E-state index contributed by atoms with van der Waals surface area (Å²) in [4.78, 5) is 9.80. The molecule has 2 N–H and O–H groups in total. The molecule has 1 saturated heterocycles. The van der Waals surface area contributed by atoms with Gasteiger partial charge in [0.2, 0.25) is 0 Å². The number of guanidine groups is 1. The fourth-order valence-corrected chi connectivity index (χ4v) is 6.40. The summed E-state index contributed by atoms with van der Waals surface area (Å²) in [5.41, 5.74) is 0.287. The normalized spacial score (nSPS) is 33.3. The van der Waals surface area contributed by atoms with E-state index in [4.69, 9.17) is 0 Å². The topological polar surface area (TPSA) is 51.1 Å². The molecule has 0 amide bonds. The molecule has 156 valence electrons. The average Bonchev–Trinajstić information content (AvgIpc) is 3.40. The lowest BCUT2D eigenvalue weighted by Gasteiger charge is -2.42. The second kappa shape index (κ2) is 9.61. The molecular weight excluding hydrogens is 451 g/mol. The van der Waals surface area contributed by atoms with Crippen molar-refractivity contribution in [3.8, 4) is 0 Å². The molecule has 1 aliphatic heterocycles. The summed E-state index contributed by atoms with van der Waals surface area (Å²) in [6.45, 7) is 5.85. The van der Waals surface area contributed by atoms with Gasteiger partial charge in [0.25, 0.3) is 0 Å². The van der Waals surface area contributed by atoms with E-state index in [9.17, 15) is 5.11 Å². The summed E-state index contributed by atoms with van der Waals surface area (Å²) in [5.74, 6) is 3.10. The highest BCUT2D eigenvalue weighted by atomic mass is 127. The fourth-order valence-electron chi connectivity index (χ4n) is 6.40. The van der Waals surface area contributed by atoms with Crippen LogP contribution < -0.4 is 5.32 Å². The van der Waals surface area contributed by atoms with Gasteiger partial charge in [-0.3, -0.25) is 9.89 Å². The van der Waals surface area contributed by atoms with Crippen molar-refractivity contribution in [2.24, 2.45) is 22.2 Å². The summed E-state index contributed by atoms with van der Waals surface area (Å²) in [6.07, 6.45) is 12.0. The lowest BCUT2D eigenvalue weighted by atomic mass is 9.83. The van der Waals surface area contributed by atoms with Crippen LogP contribution in [0.25, 0.3) is 0 Å². The number of aliphatic hydroxyl groups is 1. The van der Waals surface area contributed by atoms with Gasteiger partial charge in [0.05, 0.1) is 0 Å². The van der Waals surface area contributed by atoms with E-state index in [0.29, 0.717) is 6.61 Å². The average molecular weight is 490 g/mol. The lowest BCUT2D eigenvalue weighted by Crippen LogP contribution is -2.56. The molecule has 27 heavy (non-hydrogen) atoms. The minimum Gasteiger partial charge on any atom is -0.396 e. The molecule has 0 radical (unpaired) electrons. The minimum atomic E-state index is 0. The van der Waals surface area contributed by atoms with Crippen molar-refractivity contribution in [2.75, 3.05) is 46.4 Å². The van der Waals surface area contributed by atoms with Crippen molar-refractivity contribution < 1.29 is 5.11 Å². The van der Waals surface area contributed by atoms with Crippen molar-refractivity contribution in [1.82, 2.24) is 15.1 Å². The van der Waals surface area contributed by atoms with Gasteiger partial charge in [-0.1, -0.05) is 19.3 Å². The number of halogens is 1. The summed E-state index contributed by atoms with van der Waals surface area (Å²) < 4.78 is 0. The Bertz CT molecular complexity index is 500. The van der Waals surface area contributed by atoms with Crippen molar-refractivity contribution in [1.29, 1.82) is 0 Å². The van der Waals surface area contributed by atoms with E-state index in [1.165, 1.54) is 64.5 Å². The largest absolute Gasteiger partial charge is 0.396 e. The van der Waals surface area contributed by atoms with Gasteiger partial charge in [0, 0.05) is 52.4 Å². The van der Waals surface area contributed by atoms with E-state index in [1.807, 2.05) is 7.05 Å². The second-order valence-corrected chi connectivity index (χ2v) is 9.35. The maximum atomic E-state index is 9.47. The molecule has 6 heteroatoms. The summed E-state index contributed by atoms with van der Waals surface area (Å²) in [5, 5.41) is 13.1. The van der Waals surface area contributed by atoms with Gasteiger partial charge in [0.15, 0.2) is 5.96 Å². The van der Waals surface area contributed by atoms with Crippen LogP contribution in [0.2, 0.25) is 0 Å². The van der Waals surface area contributed by atoms with Crippen LogP contribution >= 0.6 is 24.0 Å². The lowest BCUT2D eigenvalue weighted by molar-refractivity contribution is 0.0952. The SMILES string of the molecule is CN=C(NCC1(CCO)CCCC1)N1CCN(C2CC3CCC2C3)CC1.I. The monoisotopic (exact) mass is 490 g/mol. The van der Waals surface area contributed by atoms with Gasteiger partial charge in [-0.05, 0) is 55.8 Å². The summed E-state index contributed by atoms with van der Waals surface area (Å²) >= 11 is 0. The molecular formula is C21H39IN4O. The third-order valence-electron chi connectivity index (χ3n) is 7.92. The molecule has 0 aromatic carbocycles. The van der Waals surface area contributed by atoms with Crippen LogP contribution in [0.1, 0.15) is 57.8 Å². The van der Waals surface area contributed by atoms with E-state index >= 15 is 0 Å². The van der Waals surface area contributed by atoms with Crippen LogP contribution in [0.3, 0.4) is 0 Å². The third kappa shape index (κ3) is 4.74. The van der Waals surface area contributed by atoms with E-state index in [0.717, 1.165) is 49.9 Å². The Balaban J connectivity index is 0.00000210. The number of nitrogens with one attached hydrogen (secondary N) is 1. The highest BCUT2D eigenvalue weighted by molar-refractivity contribution is 14.0. The first-order valence-electron chi connectivity index (χ1n) is 11.0. The zero-order valence-electron chi connectivity index (χ0n) is 17.0. The second-order valence-electron chi connectivity index (χ2n) is 9.35. The molecule has 0 spiro atoms. The molecule has 3 saturated carbocycles. The van der Waals surface area contributed by atoms with Crippen LogP contribution in [0.5, 0.6) is 0 Å². The Morgan fingerprint density at radius 1 is 1.11 bits per heavy atom. The predicted molar refractivity (Wildman–Crippen MR) is 122 cm³/mol. The molecule has 4 rings (SSSR count). The molecule has 3 aliphatic carbocycles. The van der Waals surface area contributed by atoms with Crippen LogP contribution in [-0.4, -0.2) is 73.3 Å². The number of aliphatic hydroxyl groups excluding tert-OH is 1. The van der Waals surface area contributed by atoms with E-state index in [2.05, 4.69) is 20.1 Å². The molecule has 0 aromatic heterocycles. The first-order chi connectivity index (χ1) is 12.7. The van der Waals surface area contributed by atoms with Crippen molar-refractivity contribution in [3.63, 3.8) is 0 Å². The number of aliphatic imine (C=N–C) groups is 1. The van der Waals surface area contributed by atoms with Crippen molar-refractivity contribution >= 4 is 29.9 Å². The van der Waals surface area contributed by atoms with E-state index in [1.54, 1.807) is 0 Å². The predicted octanol–water partition coefficient (Wildman–Crippen LogP) is 2.93. The molecule has 4 aliphatic rings. The van der Waals surface area contributed by atoms with Crippen LogP contribution in [0, 0.1) is 17.3 Å². The summed E-state index contributed by atoms with van der Waals surface area (Å²) in [7, 11) is 1.91. The molecule has 1 heterocycles. The van der Waals surface area contributed by atoms with Crippen LogP contribution in [0.15, 0.2) is 4.99 Å². The fraction of sp³-hybridized carbons (Fsp3) is 0.952. The Kier molecular flexibility index (Phi) is 7.70. The highest BCUT2D eigenvalue weighted by Crippen LogP contribution is 2.46. The van der Waals surface area contributed by atoms with Crippen LogP contribution in [-0.2, 0) is 0 Å². The Labute approximate surface area is 182 Å². The first-order valence-corrected chi connectivity index (χ1v) is 11.0. The van der Waals surface area contributed by atoms with Gasteiger partial charge in [-0.25, -0.2) is 0 Å². The van der Waals surface area contributed by atoms with Gasteiger partial charge in [-0.2, -0.15) is 0 Å². The number of hydrogen-bond donors (Lipinski definition) is 2. The Morgan fingerprint density at radius 2 is 1.85 bits per heavy atom. The maximum Gasteiger partial charge on any atom is 0.193 e. The zero-order chi connectivity index (χ0) is 18.0. The number of rotatable bonds is 5. The number of fused-ring (bicyclic) bond motifs is 2. The summed E-state index contributed by atoms with van der Waals surface area (Å²) in [6, 6.07) is 0.872. The molecule has 0 aromatic rings. The van der Waals surface area contributed by atoms with E-state index < -0.39 is 0 Å². The molecule has 5 nitrogen and oxygen atoms in total. The smallest absolute Gasteiger partial charge is 0.193 e. The molecule has 2 bridgehead atoms. The van der Waals surface area contributed by atoms with Gasteiger partial charge in [-0.15, -0.1) is 24.0 Å². The first kappa shape index (κ1) is 21.6. The van der Waals surface area contributed by atoms with Crippen molar-refractivity contribution in [3.05, 3.63) is 0 Å². The zero-order valence-corrected chi connectivity index (χ0v) is 19.4. The number of nitrogens with zero attached hydrogens (tertiary/aromatic N) is 3. The Morgan fingerprint density at radius 3 is 2.41 bits per heavy atom. The highest BCUT2D eigenvalue weighted by Gasteiger charge is 2.43. The van der Waals surface area contributed by atoms with Gasteiger partial charge < -0.3 is 15.3 Å². The minimum absolute atomic E-state index is 0. The standard InChI is InChI=1S/C21H38N4O.HI/c1-22-20(23-16-21(8-13-26)6-2-3-7-21)25-11-9-24(10-12-25)19-15-17-4-5-18(19)14-17;/h17-19,26H,2-16H2,1H3,(H,22,23);1H. The number of piperazine rings is 1. The maximum absolute atomic E-state index is 9.47. The van der Waals surface area contributed by atoms with E-state index in [-0.39, 0.29) is 29.4 Å². The third-order valence-corrected chi connectivity index (χ3v) is 7.92. The Hall–Kier alpha value is -0.0800. The van der Waals surface area contributed by atoms with Crippen molar-refractivity contribution in [2.45, 2.75) is 63.8 Å². The van der Waals surface area contributed by atoms with Crippen LogP contribution in [0.4, 0.5) is 0 Å². The van der Waals surface area contributed by atoms with Gasteiger partial charge >= 0.3 is 0 Å².